The van der Waals surface area contributed by atoms with Crippen LogP contribution in [0.3, 0.4) is 0 Å². The lowest BCUT2D eigenvalue weighted by Crippen LogP contribution is -2.47. The van der Waals surface area contributed by atoms with Gasteiger partial charge in [-0.1, -0.05) is 23.7 Å². The molecular weight excluding hydrogens is 398 g/mol. The van der Waals surface area contributed by atoms with Gasteiger partial charge in [0.25, 0.3) is 5.91 Å². The van der Waals surface area contributed by atoms with E-state index in [0.29, 0.717) is 11.4 Å². The quantitative estimate of drug-likeness (QED) is 0.748. The van der Waals surface area contributed by atoms with Crippen LogP contribution in [0.4, 0.5) is 4.79 Å². The van der Waals surface area contributed by atoms with Crippen LogP contribution in [0.2, 0.25) is 5.02 Å². The van der Waals surface area contributed by atoms with Crippen molar-refractivity contribution in [3.63, 3.8) is 0 Å². The van der Waals surface area contributed by atoms with Crippen LogP contribution in [0.5, 0.6) is 0 Å². The summed E-state index contributed by atoms with van der Waals surface area (Å²) in [6, 6.07) is 8.30. The van der Waals surface area contributed by atoms with E-state index in [0.717, 1.165) is 33.7 Å². The van der Waals surface area contributed by atoms with Gasteiger partial charge >= 0.3 is 6.03 Å². The molecule has 1 aromatic carbocycles. The first-order valence-corrected chi connectivity index (χ1v) is 10.4. The van der Waals surface area contributed by atoms with Gasteiger partial charge in [0, 0.05) is 15.5 Å². The average Bonchev–Trinajstić information content (AvgIpc) is 3.22. The Kier molecular flexibility index (Phi) is 4.89. The molecule has 1 spiro atoms. The zero-order chi connectivity index (χ0) is 19.9. The molecule has 1 aromatic heterocycles. The molecular formula is C20H20ClN3O3S. The smallest absolute Gasteiger partial charge is 0.325 e. The topological polar surface area (TPSA) is 78.5 Å². The number of carbonyl (C=O) groups excluding carboxylic acids is 3. The summed E-state index contributed by atoms with van der Waals surface area (Å²) in [4.78, 5) is 40.3. The molecule has 8 heteroatoms. The van der Waals surface area contributed by atoms with Gasteiger partial charge in [0.15, 0.2) is 0 Å². The number of nitrogens with one attached hydrogen (secondary N) is 2. The highest BCUT2D eigenvalue weighted by Gasteiger charge is 2.54. The van der Waals surface area contributed by atoms with E-state index in [4.69, 9.17) is 11.6 Å². The lowest BCUT2D eigenvalue weighted by Gasteiger charge is -2.31. The highest BCUT2D eigenvalue weighted by Crippen LogP contribution is 2.42. The van der Waals surface area contributed by atoms with Gasteiger partial charge in [-0.25, -0.2) is 4.79 Å². The summed E-state index contributed by atoms with van der Waals surface area (Å²) in [7, 11) is 0. The summed E-state index contributed by atoms with van der Waals surface area (Å²) >= 11 is 7.60. The number of carbonyl (C=O) groups is 3. The number of hydrogen-bond acceptors (Lipinski definition) is 4. The molecule has 2 aromatic rings. The van der Waals surface area contributed by atoms with Gasteiger partial charge in [0.05, 0.1) is 6.04 Å². The van der Waals surface area contributed by atoms with Crippen molar-refractivity contribution in [2.45, 2.75) is 37.8 Å². The third kappa shape index (κ3) is 3.18. The van der Waals surface area contributed by atoms with Crippen molar-refractivity contribution in [1.82, 2.24) is 15.5 Å². The molecule has 1 saturated heterocycles. The normalized spacial score (nSPS) is 22.1. The Hall–Kier alpha value is -2.38. The number of fused-ring (bicyclic) bond motifs is 2. The van der Waals surface area contributed by atoms with Crippen LogP contribution in [0.15, 0.2) is 35.7 Å². The van der Waals surface area contributed by atoms with Crippen molar-refractivity contribution >= 4 is 40.8 Å². The van der Waals surface area contributed by atoms with E-state index < -0.39 is 17.5 Å². The maximum atomic E-state index is 13.1. The lowest BCUT2D eigenvalue weighted by atomic mass is 9.80. The number of benzene rings is 1. The zero-order valence-corrected chi connectivity index (χ0v) is 16.9. The van der Waals surface area contributed by atoms with E-state index >= 15 is 0 Å². The van der Waals surface area contributed by atoms with Crippen molar-refractivity contribution in [3.8, 4) is 0 Å². The van der Waals surface area contributed by atoms with Crippen LogP contribution in [0, 0.1) is 0 Å². The molecule has 4 amide bonds. The molecule has 4 rings (SSSR count). The Morgan fingerprint density at radius 3 is 3.00 bits per heavy atom. The van der Waals surface area contributed by atoms with Crippen molar-refractivity contribution in [1.29, 1.82) is 0 Å². The summed E-state index contributed by atoms with van der Waals surface area (Å²) in [6.45, 7) is 1.52. The van der Waals surface area contributed by atoms with E-state index in [1.165, 1.54) is 0 Å². The van der Waals surface area contributed by atoms with Crippen molar-refractivity contribution in [3.05, 3.63) is 56.7 Å². The fourth-order valence-electron chi connectivity index (χ4n) is 3.97. The summed E-state index contributed by atoms with van der Waals surface area (Å²) in [5.74, 6) is -0.739. The van der Waals surface area contributed by atoms with E-state index in [2.05, 4.69) is 10.6 Å². The summed E-state index contributed by atoms with van der Waals surface area (Å²) < 4.78 is 0. The van der Waals surface area contributed by atoms with Gasteiger partial charge < -0.3 is 10.6 Å². The van der Waals surface area contributed by atoms with Crippen molar-refractivity contribution in [2.24, 2.45) is 0 Å². The van der Waals surface area contributed by atoms with Gasteiger partial charge in [-0.3, -0.25) is 14.5 Å². The Morgan fingerprint density at radius 2 is 2.21 bits per heavy atom. The molecule has 146 valence electrons. The number of halogens is 1. The van der Waals surface area contributed by atoms with Crippen LogP contribution >= 0.6 is 22.9 Å². The minimum absolute atomic E-state index is 0.293. The second-order valence-corrected chi connectivity index (χ2v) is 8.62. The molecule has 2 aliphatic rings. The number of amides is 4. The van der Waals surface area contributed by atoms with Crippen LogP contribution < -0.4 is 10.6 Å². The highest BCUT2D eigenvalue weighted by molar-refractivity contribution is 7.10. The first-order valence-electron chi connectivity index (χ1n) is 9.16. The molecule has 0 bridgehead atoms. The van der Waals surface area contributed by atoms with Crippen molar-refractivity contribution in [2.75, 3.05) is 6.54 Å². The lowest BCUT2D eigenvalue weighted by molar-refractivity contribution is -0.135. The maximum absolute atomic E-state index is 13.1. The number of aryl methyl sites for hydroxylation is 1. The first-order chi connectivity index (χ1) is 13.4. The summed E-state index contributed by atoms with van der Waals surface area (Å²) in [5, 5.41) is 8.21. The van der Waals surface area contributed by atoms with Gasteiger partial charge in [-0.05, 0) is 55.3 Å². The molecule has 0 radical (unpaired) electrons. The largest absolute Gasteiger partial charge is 0.348 e. The van der Waals surface area contributed by atoms with Crippen LogP contribution in [-0.4, -0.2) is 29.3 Å². The van der Waals surface area contributed by atoms with Crippen LogP contribution in [0.1, 0.15) is 41.8 Å². The minimum atomic E-state index is -1.02. The number of imide groups is 1. The molecule has 1 fully saturated rings. The second-order valence-electron chi connectivity index (χ2n) is 7.18. The Morgan fingerprint density at radius 1 is 1.39 bits per heavy atom. The summed E-state index contributed by atoms with van der Waals surface area (Å²) in [6.07, 6.45) is 2.29. The van der Waals surface area contributed by atoms with Crippen molar-refractivity contribution < 1.29 is 14.4 Å². The number of thiophene rings is 1. The minimum Gasteiger partial charge on any atom is -0.348 e. The monoisotopic (exact) mass is 417 g/mol. The number of nitrogens with zero attached hydrogens (tertiary/aromatic N) is 1. The average molecular weight is 418 g/mol. The second kappa shape index (κ2) is 7.22. The van der Waals surface area contributed by atoms with Crippen LogP contribution in [0.25, 0.3) is 0 Å². The Balaban J connectivity index is 1.48. The van der Waals surface area contributed by atoms with E-state index in [1.54, 1.807) is 23.5 Å². The predicted molar refractivity (Wildman–Crippen MR) is 107 cm³/mol. The maximum Gasteiger partial charge on any atom is 0.325 e. The fourth-order valence-corrected chi connectivity index (χ4v) is 5.17. The van der Waals surface area contributed by atoms with Crippen LogP contribution in [-0.2, 0) is 21.5 Å². The SMILES string of the molecule is C[C@H](NC(=O)CN1C(=O)N[C@]2(CCCc3sccc32)C1=O)c1cccc(Cl)c1. The Bertz CT molecular complexity index is 960. The van der Waals surface area contributed by atoms with Gasteiger partial charge in [0.2, 0.25) is 5.91 Å². The molecule has 6 nitrogen and oxygen atoms in total. The zero-order valence-electron chi connectivity index (χ0n) is 15.3. The van der Waals surface area contributed by atoms with E-state index in [9.17, 15) is 14.4 Å². The van der Waals surface area contributed by atoms with Gasteiger partial charge in [-0.2, -0.15) is 0 Å². The molecule has 2 atom stereocenters. The number of hydrogen-bond donors (Lipinski definition) is 2. The molecule has 28 heavy (non-hydrogen) atoms. The van der Waals surface area contributed by atoms with E-state index in [1.807, 2.05) is 30.5 Å². The first kappa shape index (κ1) is 19.0. The third-order valence-corrected chi connectivity index (χ3v) is 6.58. The number of rotatable bonds is 4. The third-order valence-electron chi connectivity index (χ3n) is 5.36. The molecule has 0 unspecified atom stereocenters. The molecule has 1 aliphatic heterocycles. The van der Waals surface area contributed by atoms with Gasteiger partial charge in [-0.15, -0.1) is 11.3 Å². The number of urea groups is 1. The Labute approximate surface area is 171 Å². The fraction of sp³-hybridized carbons (Fsp3) is 0.350. The molecule has 2 heterocycles. The van der Waals surface area contributed by atoms with E-state index in [-0.39, 0.29) is 18.5 Å². The summed E-state index contributed by atoms with van der Waals surface area (Å²) in [5.41, 5.74) is 0.700. The molecule has 0 saturated carbocycles. The highest BCUT2D eigenvalue weighted by atomic mass is 35.5. The molecule has 2 N–H and O–H groups in total. The predicted octanol–water partition coefficient (Wildman–Crippen LogP) is 3.36. The van der Waals surface area contributed by atoms with Gasteiger partial charge in [0.1, 0.15) is 12.1 Å². The molecule has 1 aliphatic carbocycles. The standard InChI is InChI=1S/C20H20ClN3O3S/c1-12(13-4-2-5-14(21)10-13)22-17(25)11-24-18(26)20(23-19(24)27)8-3-6-16-15(20)7-9-28-16/h2,4-5,7,9-10,12H,3,6,8,11H2,1H3,(H,22,25)(H,23,27)/t12-,20-/m0/s1.